The van der Waals surface area contributed by atoms with E-state index in [0.717, 1.165) is 5.57 Å². The molecule has 0 aliphatic carbocycles. The molecule has 1 aromatic carbocycles. The van der Waals surface area contributed by atoms with Crippen molar-refractivity contribution in [3.8, 4) is 5.75 Å². The predicted molar refractivity (Wildman–Crippen MR) is 101 cm³/mol. The Morgan fingerprint density at radius 1 is 1.26 bits per heavy atom. The highest BCUT2D eigenvalue weighted by Gasteiger charge is 2.34. The zero-order valence-corrected chi connectivity index (χ0v) is 15.4. The summed E-state index contributed by atoms with van der Waals surface area (Å²) in [6.45, 7) is 6.90. The third-order valence-corrected chi connectivity index (χ3v) is 4.52. The summed E-state index contributed by atoms with van der Waals surface area (Å²) in [7, 11) is 0. The minimum absolute atomic E-state index is 0.103. The molecule has 0 atom stereocenters. The Kier molecular flexibility index (Phi) is 4.35. The lowest BCUT2D eigenvalue weighted by molar-refractivity contribution is -0.384. The van der Waals surface area contributed by atoms with Crippen LogP contribution in [0.4, 0.5) is 11.4 Å². The van der Waals surface area contributed by atoms with Gasteiger partial charge >= 0.3 is 0 Å². The second-order valence-corrected chi connectivity index (χ2v) is 6.83. The summed E-state index contributed by atoms with van der Waals surface area (Å²) in [6.07, 6.45) is 1.51. The van der Waals surface area contributed by atoms with Crippen LogP contribution in [-0.2, 0) is 4.79 Å². The number of ether oxygens (including phenoxy) is 1. The van der Waals surface area contributed by atoms with Crippen molar-refractivity contribution in [1.29, 1.82) is 0 Å². The van der Waals surface area contributed by atoms with Gasteiger partial charge in [0, 0.05) is 36.9 Å². The van der Waals surface area contributed by atoms with Gasteiger partial charge in [0.25, 0.3) is 11.2 Å². The first kappa shape index (κ1) is 18.4. The molecule has 0 fully saturated rings. The Hall–Kier alpha value is -3.42. The molecule has 1 aromatic heterocycles. The van der Waals surface area contributed by atoms with Gasteiger partial charge in [-0.25, -0.2) is 0 Å². The standard InChI is InChI=1S/C19H19N3O5/c1-11-18(21-10-13(20-12(2)23)5-8-17(21)24)15-9-14(22(25)26)6-7-16(15)27-19(11,3)4/h5-10H,1-4H3,(H,20,23). The molecule has 8 heteroatoms. The molecule has 2 aromatic rings. The van der Waals surface area contributed by atoms with E-state index >= 15 is 0 Å². The van der Waals surface area contributed by atoms with Gasteiger partial charge in [-0.15, -0.1) is 0 Å². The maximum Gasteiger partial charge on any atom is 0.270 e. The van der Waals surface area contributed by atoms with E-state index in [1.807, 2.05) is 20.8 Å². The number of nitrogens with zero attached hydrogens (tertiary/aromatic N) is 2. The van der Waals surface area contributed by atoms with Crippen molar-refractivity contribution < 1.29 is 14.5 Å². The van der Waals surface area contributed by atoms with E-state index in [1.54, 1.807) is 0 Å². The Bertz CT molecular complexity index is 1050. The number of amides is 1. The zero-order valence-electron chi connectivity index (χ0n) is 15.4. The molecule has 0 saturated carbocycles. The number of non-ortho nitro benzene ring substituents is 1. The number of aromatic nitrogens is 1. The summed E-state index contributed by atoms with van der Waals surface area (Å²) in [5.41, 5.74) is 0.977. The molecule has 0 radical (unpaired) electrons. The number of pyridine rings is 1. The summed E-state index contributed by atoms with van der Waals surface area (Å²) in [6, 6.07) is 7.13. The molecule has 0 bridgehead atoms. The van der Waals surface area contributed by atoms with E-state index in [0.29, 0.717) is 22.7 Å². The van der Waals surface area contributed by atoms with Gasteiger partial charge in [0.15, 0.2) is 0 Å². The van der Waals surface area contributed by atoms with Crippen LogP contribution in [-0.4, -0.2) is 21.0 Å². The minimum atomic E-state index is -0.720. The number of fused-ring (bicyclic) bond motifs is 1. The second-order valence-electron chi connectivity index (χ2n) is 6.83. The van der Waals surface area contributed by atoms with Gasteiger partial charge in [-0.3, -0.25) is 24.3 Å². The molecule has 0 saturated heterocycles. The van der Waals surface area contributed by atoms with Crippen LogP contribution in [0, 0.1) is 10.1 Å². The first-order valence-corrected chi connectivity index (χ1v) is 8.30. The van der Waals surface area contributed by atoms with Crippen molar-refractivity contribution >= 4 is 23.0 Å². The Labute approximate surface area is 155 Å². The lowest BCUT2D eigenvalue weighted by atomic mass is 9.90. The topological polar surface area (TPSA) is 103 Å². The van der Waals surface area contributed by atoms with E-state index in [1.165, 1.54) is 48.0 Å². The summed E-state index contributed by atoms with van der Waals surface area (Å²) in [5.74, 6) is 0.178. The predicted octanol–water partition coefficient (Wildman–Crippen LogP) is 3.17. The molecule has 27 heavy (non-hydrogen) atoms. The summed E-state index contributed by atoms with van der Waals surface area (Å²) >= 11 is 0. The highest BCUT2D eigenvalue weighted by Crippen LogP contribution is 2.42. The normalized spacial score (nSPS) is 15.0. The number of nitro groups is 1. The Balaban J connectivity index is 2.30. The Morgan fingerprint density at radius 2 is 1.96 bits per heavy atom. The molecule has 0 unspecified atom stereocenters. The van der Waals surface area contributed by atoms with Gasteiger partial charge in [-0.1, -0.05) is 0 Å². The molecular formula is C19H19N3O5. The number of benzene rings is 1. The molecule has 2 heterocycles. The zero-order chi connectivity index (χ0) is 19.9. The SMILES string of the molecule is CC(=O)Nc1ccc(=O)n(C2=C(C)C(C)(C)Oc3ccc([N+](=O)[O-])cc32)c1. The average molecular weight is 369 g/mol. The summed E-state index contributed by atoms with van der Waals surface area (Å²) in [4.78, 5) is 34.7. The maximum atomic E-state index is 12.6. The molecule has 0 spiro atoms. The molecule has 1 amide bonds. The van der Waals surface area contributed by atoms with Gasteiger partial charge in [-0.05, 0) is 38.5 Å². The van der Waals surface area contributed by atoms with Crippen LogP contribution in [0.2, 0.25) is 0 Å². The second kappa shape index (κ2) is 6.39. The van der Waals surface area contributed by atoms with Crippen LogP contribution in [0.5, 0.6) is 5.75 Å². The number of carbonyl (C=O) groups is 1. The molecular weight excluding hydrogens is 350 g/mol. The lowest BCUT2D eigenvalue weighted by Gasteiger charge is -2.36. The fraction of sp³-hybridized carbons (Fsp3) is 0.263. The molecule has 140 valence electrons. The van der Waals surface area contributed by atoms with Crippen LogP contribution in [0.3, 0.4) is 0 Å². The first-order chi connectivity index (χ1) is 12.6. The van der Waals surface area contributed by atoms with Crippen molar-refractivity contribution in [3.05, 3.63) is 68.1 Å². The van der Waals surface area contributed by atoms with E-state index in [4.69, 9.17) is 4.74 Å². The van der Waals surface area contributed by atoms with Crippen molar-refractivity contribution in [2.45, 2.75) is 33.3 Å². The van der Waals surface area contributed by atoms with E-state index < -0.39 is 10.5 Å². The quantitative estimate of drug-likeness (QED) is 0.661. The first-order valence-electron chi connectivity index (χ1n) is 8.30. The van der Waals surface area contributed by atoms with E-state index in [-0.39, 0.29) is 17.2 Å². The number of rotatable bonds is 3. The van der Waals surface area contributed by atoms with Gasteiger partial charge in [-0.2, -0.15) is 0 Å². The largest absolute Gasteiger partial charge is 0.483 e. The summed E-state index contributed by atoms with van der Waals surface area (Å²) in [5, 5.41) is 13.9. The van der Waals surface area contributed by atoms with Crippen LogP contribution < -0.4 is 15.6 Å². The fourth-order valence-electron chi connectivity index (χ4n) is 2.99. The van der Waals surface area contributed by atoms with Gasteiger partial charge in [0.2, 0.25) is 5.91 Å². The number of hydrogen-bond donors (Lipinski definition) is 1. The number of hydrogen-bond acceptors (Lipinski definition) is 5. The number of carbonyl (C=O) groups excluding carboxylic acids is 1. The molecule has 1 aliphatic rings. The molecule has 1 aliphatic heterocycles. The van der Waals surface area contributed by atoms with Crippen molar-refractivity contribution in [2.75, 3.05) is 5.32 Å². The fourth-order valence-corrected chi connectivity index (χ4v) is 2.99. The molecule has 3 rings (SSSR count). The van der Waals surface area contributed by atoms with Crippen LogP contribution in [0.25, 0.3) is 5.70 Å². The van der Waals surface area contributed by atoms with Crippen LogP contribution >= 0.6 is 0 Å². The summed E-state index contributed by atoms with van der Waals surface area (Å²) < 4.78 is 7.37. The molecule has 1 N–H and O–H groups in total. The molecule has 8 nitrogen and oxygen atoms in total. The number of nitrogens with one attached hydrogen (secondary N) is 1. The monoisotopic (exact) mass is 369 g/mol. The third-order valence-electron chi connectivity index (χ3n) is 4.52. The van der Waals surface area contributed by atoms with E-state index in [2.05, 4.69) is 5.32 Å². The highest BCUT2D eigenvalue weighted by atomic mass is 16.6. The minimum Gasteiger partial charge on any atom is -0.483 e. The van der Waals surface area contributed by atoms with Crippen LogP contribution in [0.15, 0.2) is 46.9 Å². The maximum absolute atomic E-state index is 12.6. The van der Waals surface area contributed by atoms with Gasteiger partial charge < -0.3 is 10.1 Å². The number of nitro benzene ring substituents is 1. The van der Waals surface area contributed by atoms with Crippen molar-refractivity contribution in [1.82, 2.24) is 4.57 Å². The third kappa shape index (κ3) is 3.33. The van der Waals surface area contributed by atoms with Gasteiger partial charge in [0.1, 0.15) is 11.4 Å². The average Bonchev–Trinajstić information content (AvgIpc) is 2.57. The van der Waals surface area contributed by atoms with Gasteiger partial charge in [0.05, 0.1) is 16.3 Å². The number of anilines is 1. The van der Waals surface area contributed by atoms with Crippen LogP contribution in [0.1, 0.15) is 33.3 Å². The lowest BCUT2D eigenvalue weighted by Crippen LogP contribution is -2.36. The van der Waals surface area contributed by atoms with Crippen molar-refractivity contribution in [3.63, 3.8) is 0 Å². The van der Waals surface area contributed by atoms with Crippen molar-refractivity contribution in [2.24, 2.45) is 0 Å². The Morgan fingerprint density at radius 3 is 2.59 bits per heavy atom. The highest BCUT2D eigenvalue weighted by molar-refractivity contribution is 5.88. The van der Waals surface area contributed by atoms with E-state index in [9.17, 15) is 19.7 Å². The smallest absolute Gasteiger partial charge is 0.270 e.